The number of aromatic nitrogens is 1. The summed E-state index contributed by atoms with van der Waals surface area (Å²) in [6.07, 6.45) is 0. The molecule has 0 aliphatic carbocycles. The van der Waals surface area contributed by atoms with E-state index >= 15 is 0 Å². The molecule has 1 aromatic heterocycles. The number of amidine groups is 1. The number of nitrogens with zero attached hydrogens (tertiary/aromatic N) is 1. The zero-order valence-electron chi connectivity index (χ0n) is 7.16. The zero-order valence-corrected chi connectivity index (χ0v) is 7.97. The van der Waals surface area contributed by atoms with Crippen LogP contribution in [0.15, 0.2) is 18.2 Å². The maximum absolute atomic E-state index is 7.03. The molecule has 0 atom stereocenters. The molecular weight excluding hydrogens is 184 g/mol. The number of thioether (sulfide) groups is 1. The summed E-state index contributed by atoms with van der Waals surface area (Å²) in [7, 11) is 0. The van der Waals surface area contributed by atoms with Crippen molar-refractivity contribution in [2.24, 2.45) is 11.5 Å². The summed E-state index contributed by atoms with van der Waals surface area (Å²) < 4.78 is 0. The quantitative estimate of drug-likeness (QED) is 0.489. The summed E-state index contributed by atoms with van der Waals surface area (Å²) in [6, 6.07) is 5.68. The molecule has 0 aliphatic rings. The van der Waals surface area contributed by atoms with Crippen LogP contribution in [0.2, 0.25) is 0 Å². The van der Waals surface area contributed by atoms with Gasteiger partial charge < -0.3 is 11.5 Å². The van der Waals surface area contributed by atoms with Gasteiger partial charge in [-0.1, -0.05) is 17.8 Å². The van der Waals surface area contributed by atoms with Crippen LogP contribution in [-0.4, -0.2) is 10.2 Å². The minimum atomic E-state index is 0.111. The van der Waals surface area contributed by atoms with Gasteiger partial charge in [0.1, 0.15) is 0 Å². The lowest BCUT2D eigenvalue weighted by Crippen LogP contribution is -2.05. The van der Waals surface area contributed by atoms with Crippen molar-refractivity contribution in [1.29, 1.82) is 5.41 Å². The average Bonchev–Trinajstić information content (AvgIpc) is 2.15. The first-order valence-corrected chi connectivity index (χ1v) is 4.82. The van der Waals surface area contributed by atoms with Gasteiger partial charge in [-0.05, 0) is 12.1 Å². The topological polar surface area (TPSA) is 88.8 Å². The van der Waals surface area contributed by atoms with Gasteiger partial charge in [0, 0.05) is 12.3 Å². The Morgan fingerprint density at radius 1 is 1.46 bits per heavy atom. The number of rotatable bonds is 3. The van der Waals surface area contributed by atoms with Crippen molar-refractivity contribution in [2.45, 2.75) is 12.3 Å². The smallest absolute Gasteiger partial charge is 0.151 e. The molecule has 5 heteroatoms. The van der Waals surface area contributed by atoms with E-state index in [-0.39, 0.29) is 5.17 Å². The first-order valence-electron chi connectivity index (χ1n) is 3.84. The highest BCUT2D eigenvalue weighted by atomic mass is 32.2. The van der Waals surface area contributed by atoms with E-state index in [0.29, 0.717) is 12.3 Å². The lowest BCUT2D eigenvalue weighted by atomic mass is 10.3. The van der Waals surface area contributed by atoms with E-state index in [1.54, 1.807) is 0 Å². The van der Waals surface area contributed by atoms with Crippen LogP contribution in [0.1, 0.15) is 11.4 Å². The Labute approximate surface area is 81.2 Å². The molecule has 0 saturated heterocycles. The minimum absolute atomic E-state index is 0.111. The van der Waals surface area contributed by atoms with Gasteiger partial charge in [0.05, 0.1) is 11.4 Å². The van der Waals surface area contributed by atoms with Gasteiger partial charge in [-0.25, -0.2) is 0 Å². The highest BCUT2D eigenvalue weighted by Crippen LogP contribution is 2.09. The molecule has 5 N–H and O–H groups in total. The minimum Gasteiger partial charge on any atom is -0.379 e. The van der Waals surface area contributed by atoms with Gasteiger partial charge in [-0.15, -0.1) is 0 Å². The molecule has 70 valence electrons. The van der Waals surface area contributed by atoms with Crippen LogP contribution in [0.25, 0.3) is 0 Å². The summed E-state index contributed by atoms with van der Waals surface area (Å²) in [6.45, 7) is 0.443. The normalized spacial score (nSPS) is 9.92. The van der Waals surface area contributed by atoms with Crippen molar-refractivity contribution in [3.8, 4) is 0 Å². The van der Waals surface area contributed by atoms with Gasteiger partial charge in [0.25, 0.3) is 0 Å². The van der Waals surface area contributed by atoms with Crippen molar-refractivity contribution in [1.82, 2.24) is 4.98 Å². The third kappa shape index (κ3) is 3.43. The van der Waals surface area contributed by atoms with Crippen LogP contribution in [-0.2, 0) is 12.3 Å². The summed E-state index contributed by atoms with van der Waals surface area (Å²) in [4.78, 5) is 4.27. The van der Waals surface area contributed by atoms with Crippen molar-refractivity contribution in [3.05, 3.63) is 29.6 Å². The predicted octanol–water partition coefficient (Wildman–Crippen LogP) is 0.667. The van der Waals surface area contributed by atoms with E-state index < -0.39 is 0 Å². The van der Waals surface area contributed by atoms with Crippen LogP contribution < -0.4 is 11.5 Å². The third-order valence-electron chi connectivity index (χ3n) is 1.45. The van der Waals surface area contributed by atoms with Gasteiger partial charge >= 0.3 is 0 Å². The van der Waals surface area contributed by atoms with Crippen LogP contribution >= 0.6 is 11.8 Å². The van der Waals surface area contributed by atoms with Gasteiger partial charge in [0.2, 0.25) is 0 Å². The number of hydrogen-bond acceptors (Lipinski definition) is 4. The zero-order chi connectivity index (χ0) is 9.68. The molecule has 1 rings (SSSR count). The molecule has 0 saturated carbocycles. The van der Waals surface area contributed by atoms with Gasteiger partial charge in [-0.2, -0.15) is 0 Å². The number of hydrogen-bond donors (Lipinski definition) is 3. The summed E-state index contributed by atoms with van der Waals surface area (Å²) in [5.41, 5.74) is 12.4. The molecule has 1 aromatic rings. The molecule has 0 radical (unpaired) electrons. The number of nitrogens with two attached hydrogens (primary N) is 2. The SMILES string of the molecule is N=C(N)SCc1cccc(CN)n1. The summed E-state index contributed by atoms with van der Waals surface area (Å²) >= 11 is 1.26. The monoisotopic (exact) mass is 196 g/mol. The highest BCUT2D eigenvalue weighted by Gasteiger charge is 1.97. The molecule has 4 nitrogen and oxygen atoms in total. The molecule has 1 heterocycles. The Kier molecular flexibility index (Phi) is 3.72. The largest absolute Gasteiger partial charge is 0.379 e. The predicted molar refractivity (Wildman–Crippen MR) is 55.3 cm³/mol. The van der Waals surface area contributed by atoms with E-state index in [0.717, 1.165) is 11.4 Å². The molecular formula is C8H12N4S. The number of nitrogens with one attached hydrogen (secondary N) is 1. The van der Waals surface area contributed by atoms with Crippen LogP contribution in [0.4, 0.5) is 0 Å². The Morgan fingerprint density at radius 3 is 2.77 bits per heavy atom. The van der Waals surface area contributed by atoms with Crippen molar-refractivity contribution in [3.63, 3.8) is 0 Å². The molecule has 0 bridgehead atoms. The standard InChI is InChI=1S/C8H12N4S/c9-4-6-2-1-3-7(12-6)5-13-8(10)11/h1-3H,4-5,9H2,(H3,10,11). The third-order valence-corrected chi connectivity index (χ3v) is 2.20. The molecule has 0 aliphatic heterocycles. The first-order chi connectivity index (χ1) is 6.22. The van der Waals surface area contributed by atoms with Crippen LogP contribution in [0, 0.1) is 5.41 Å². The lowest BCUT2D eigenvalue weighted by molar-refractivity contribution is 0.965. The average molecular weight is 196 g/mol. The van der Waals surface area contributed by atoms with E-state index in [4.69, 9.17) is 16.9 Å². The Bertz CT molecular complexity index is 300. The maximum Gasteiger partial charge on any atom is 0.151 e. The molecule has 0 spiro atoms. The molecule has 0 amide bonds. The molecule has 0 aromatic carbocycles. The second kappa shape index (κ2) is 4.84. The second-order valence-electron chi connectivity index (χ2n) is 2.48. The highest BCUT2D eigenvalue weighted by molar-refractivity contribution is 8.13. The molecule has 13 heavy (non-hydrogen) atoms. The Balaban J connectivity index is 2.61. The fourth-order valence-corrected chi connectivity index (χ4v) is 1.34. The lowest BCUT2D eigenvalue weighted by Gasteiger charge is -2.01. The van der Waals surface area contributed by atoms with Gasteiger partial charge in [0.15, 0.2) is 5.17 Å². The summed E-state index contributed by atoms with van der Waals surface area (Å²) in [5.74, 6) is 0.628. The molecule has 0 unspecified atom stereocenters. The van der Waals surface area contributed by atoms with E-state index in [9.17, 15) is 0 Å². The Morgan fingerprint density at radius 2 is 2.15 bits per heavy atom. The Hall–Kier alpha value is -1.07. The maximum atomic E-state index is 7.03. The van der Waals surface area contributed by atoms with Crippen molar-refractivity contribution in [2.75, 3.05) is 0 Å². The van der Waals surface area contributed by atoms with E-state index in [1.807, 2.05) is 18.2 Å². The number of pyridine rings is 1. The fourth-order valence-electron chi connectivity index (χ4n) is 0.875. The van der Waals surface area contributed by atoms with Crippen molar-refractivity contribution < 1.29 is 0 Å². The summed E-state index contributed by atoms with van der Waals surface area (Å²) in [5, 5.41) is 7.14. The van der Waals surface area contributed by atoms with Gasteiger partial charge in [-0.3, -0.25) is 10.4 Å². The first kappa shape index (κ1) is 10.0. The molecule has 0 fully saturated rings. The van der Waals surface area contributed by atoms with Crippen LogP contribution in [0.5, 0.6) is 0 Å². The van der Waals surface area contributed by atoms with Crippen LogP contribution in [0.3, 0.4) is 0 Å². The van der Waals surface area contributed by atoms with E-state index in [2.05, 4.69) is 4.98 Å². The second-order valence-corrected chi connectivity index (χ2v) is 3.49. The fraction of sp³-hybridized carbons (Fsp3) is 0.250. The van der Waals surface area contributed by atoms with E-state index in [1.165, 1.54) is 11.8 Å². The van der Waals surface area contributed by atoms with Crippen molar-refractivity contribution >= 4 is 16.9 Å².